The van der Waals surface area contributed by atoms with Crippen molar-refractivity contribution in [3.05, 3.63) is 53.7 Å². The molecule has 0 spiro atoms. The molecule has 9 heteroatoms. The molecular formula is C18H17FN4O4. The molecule has 0 radical (unpaired) electrons. The molecule has 0 aliphatic rings. The lowest BCUT2D eigenvalue weighted by Crippen LogP contribution is -2.13. The molecule has 1 heterocycles. The number of nitrogens with one attached hydrogen (secondary N) is 1. The normalized spacial score (nSPS) is 10.5. The third-order valence-electron chi connectivity index (χ3n) is 3.79. The number of halogens is 1. The number of amides is 1. The number of nitrogens with two attached hydrogens (primary N) is 1. The fourth-order valence-electron chi connectivity index (χ4n) is 2.42. The van der Waals surface area contributed by atoms with E-state index in [1.165, 1.54) is 25.3 Å². The van der Waals surface area contributed by atoms with Crippen molar-refractivity contribution in [1.29, 1.82) is 0 Å². The van der Waals surface area contributed by atoms with Crippen LogP contribution in [0.2, 0.25) is 0 Å². The maximum absolute atomic E-state index is 13.8. The summed E-state index contributed by atoms with van der Waals surface area (Å²) >= 11 is 0. The fraction of sp³-hybridized carbons (Fsp3) is 0.167. The van der Waals surface area contributed by atoms with Crippen molar-refractivity contribution >= 4 is 11.6 Å². The van der Waals surface area contributed by atoms with Crippen LogP contribution >= 0.6 is 0 Å². The molecule has 0 unspecified atom stereocenters. The Morgan fingerprint density at radius 1 is 1.19 bits per heavy atom. The minimum Gasteiger partial charge on any atom is -0.493 e. The average molecular weight is 372 g/mol. The molecule has 0 bridgehead atoms. The molecule has 8 nitrogen and oxygen atoms in total. The summed E-state index contributed by atoms with van der Waals surface area (Å²) < 4.78 is 29.4. The standard InChI is InChI=1S/C18H17FN4O4/c1-25-14-6-3-10(7-15(14)26-2)18-22-16(27-23-18)9-21-11-4-5-12(17(20)24)13(19)8-11/h3-8,21H,9H2,1-2H3,(H2,20,24). The van der Waals surface area contributed by atoms with Gasteiger partial charge in [-0.2, -0.15) is 4.98 Å². The van der Waals surface area contributed by atoms with Crippen molar-refractivity contribution in [1.82, 2.24) is 10.1 Å². The van der Waals surface area contributed by atoms with E-state index >= 15 is 0 Å². The summed E-state index contributed by atoms with van der Waals surface area (Å²) in [5.74, 6) is 0.291. The van der Waals surface area contributed by atoms with Crippen LogP contribution in [0, 0.1) is 5.82 Å². The van der Waals surface area contributed by atoms with Crippen molar-refractivity contribution in [2.75, 3.05) is 19.5 Å². The Labute approximate surface area is 154 Å². The Kier molecular flexibility index (Phi) is 5.20. The lowest BCUT2D eigenvalue weighted by atomic mass is 10.2. The molecule has 2 aromatic carbocycles. The molecule has 1 amide bonds. The van der Waals surface area contributed by atoms with Gasteiger partial charge in [-0.1, -0.05) is 5.16 Å². The summed E-state index contributed by atoms with van der Waals surface area (Å²) in [5.41, 5.74) is 6.05. The lowest BCUT2D eigenvalue weighted by Gasteiger charge is -2.07. The summed E-state index contributed by atoms with van der Waals surface area (Å²) in [7, 11) is 3.09. The van der Waals surface area contributed by atoms with Gasteiger partial charge in [-0.05, 0) is 36.4 Å². The molecule has 1 aromatic heterocycles. The number of carbonyl (C=O) groups is 1. The Balaban J connectivity index is 1.71. The SMILES string of the molecule is COc1ccc(-c2noc(CNc3ccc(C(N)=O)c(F)c3)n2)cc1OC. The number of hydrogen-bond acceptors (Lipinski definition) is 7. The van der Waals surface area contributed by atoms with Gasteiger partial charge in [0.1, 0.15) is 5.82 Å². The van der Waals surface area contributed by atoms with Crippen LogP contribution < -0.4 is 20.5 Å². The van der Waals surface area contributed by atoms with E-state index < -0.39 is 11.7 Å². The molecule has 0 saturated carbocycles. The minimum atomic E-state index is -0.824. The van der Waals surface area contributed by atoms with Gasteiger partial charge in [0, 0.05) is 11.3 Å². The van der Waals surface area contributed by atoms with Gasteiger partial charge in [-0.15, -0.1) is 0 Å². The second-order valence-electron chi connectivity index (χ2n) is 5.49. The average Bonchev–Trinajstić information content (AvgIpc) is 3.14. The maximum atomic E-state index is 13.8. The van der Waals surface area contributed by atoms with Crippen LogP contribution in [0.15, 0.2) is 40.9 Å². The van der Waals surface area contributed by atoms with E-state index in [1.54, 1.807) is 25.3 Å². The molecule has 0 aliphatic carbocycles. The first-order valence-electron chi connectivity index (χ1n) is 7.90. The first-order chi connectivity index (χ1) is 13.0. The van der Waals surface area contributed by atoms with Crippen LogP contribution in [-0.4, -0.2) is 30.3 Å². The summed E-state index contributed by atoms with van der Waals surface area (Å²) in [6.07, 6.45) is 0. The zero-order valence-corrected chi connectivity index (χ0v) is 14.7. The van der Waals surface area contributed by atoms with Gasteiger partial charge >= 0.3 is 0 Å². The molecule has 0 saturated heterocycles. The maximum Gasteiger partial charge on any atom is 0.251 e. The monoisotopic (exact) mass is 372 g/mol. The van der Waals surface area contributed by atoms with Gasteiger partial charge in [0.2, 0.25) is 11.7 Å². The van der Waals surface area contributed by atoms with Crippen LogP contribution in [0.25, 0.3) is 11.4 Å². The van der Waals surface area contributed by atoms with Gasteiger partial charge in [-0.3, -0.25) is 4.79 Å². The summed E-state index contributed by atoms with van der Waals surface area (Å²) in [4.78, 5) is 15.3. The molecular weight excluding hydrogens is 355 g/mol. The van der Waals surface area contributed by atoms with Gasteiger partial charge in [0.15, 0.2) is 11.5 Å². The Bertz CT molecular complexity index is 974. The summed E-state index contributed by atoms with van der Waals surface area (Å²) in [6.45, 7) is 0.176. The number of primary amides is 1. The summed E-state index contributed by atoms with van der Waals surface area (Å²) in [5, 5.41) is 6.87. The highest BCUT2D eigenvalue weighted by Crippen LogP contribution is 2.31. The number of ether oxygens (including phenoxy) is 2. The Morgan fingerprint density at radius 2 is 1.96 bits per heavy atom. The third-order valence-corrected chi connectivity index (χ3v) is 3.79. The Morgan fingerprint density at radius 3 is 2.63 bits per heavy atom. The van der Waals surface area contributed by atoms with Gasteiger partial charge in [0.25, 0.3) is 5.91 Å². The van der Waals surface area contributed by atoms with Crippen molar-refractivity contribution in [3.63, 3.8) is 0 Å². The number of benzene rings is 2. The van der Waals surface area contributed by atoms with E-state index in [2.05, 4.69) is 15.5 Å². The molecule has 27 heavy (non-hydrogen) atoms. The topological polar surface area (TPSA) is 112 Å². The molecule has 3 aromatic rings. The quantitative estimate of drug-likeness (QED) is 0.655. The van der Waals surface area contributed by atoms with E-state index in [0.717, 1.165) is 0 Å². The highest BCUT2D eigenvalue weighted by atomic mass is 19.1. The van der Waals surface area contributed by atoms with Crippen LogP contribution in [0.3, 0.4) is 0 Å². The number of rotatable bonds is 7. The summed E-state index contributed by atoms with van der Waals surface area (Å²) in [6, 6.07) is 9.27. The zero-order valence-electron chi connectivity index (χ0n) is 14.7. The van der Waals surface area contributed by atoms with Crippen molar-refractivity contribution in [2.45, 2.75) is 6.54 Å². The third kappa shape index (κ3) is 3.97. The largest absolute Gasteiger partial charge is 0.493 e. The first-order valence-corrected chi connectivity index (χ1v) is 7.90. The van der Waals surface area contributed by atoms with Crippen LogP contribution in [-0.2, 0) is 6.54 Å². The fourth-order valence-corrected chi connectivity index (χ4v) is 2.42. The molecule has 140 valence electrons. The van der Waals surface area contributed by atoms with E-state index in [1.807, 2.05) is 0 Å². The van der Waals surface area contributed by atoms with E-state index in [9.17, 15) is 9.18 Å². The number of nitrogens with zero attached hydrogens (tertiary/aromatic N) is 2. The number of methoxy groups -OCH3 is 2. The van der Waals surface area contributed by atoms with Crippen LogP contribution in [0.1, 0.15) is 16.2 Å². The van der Waals surface area contributed by atoms with Crippen molar-refractivity contribution in [2.24, 2.45) is 5.73 Å². The zero-order chi connectivity index (χ0) is 19.4. The highest BCUT2D eigenvalue weighted by Gasteiger charge is 2.13. The van der Waals surface area contributed by atoms with Gasteiger partial charge < -0.3 is 25.0 Å². The van der Waals surface area contributed by atoms with Gasteiger partial charge in [0.05, 0.1) is 26.3 Å². The highest BCUT2D eigenvalue weighted by molar-refractivity contribution is 5.93. The lowest BCUT2D eigenvalue weighted by molar-refractivity contribution is 0.0996. The predicted molar refractivity (Wildman–Crippen MR) is 95.1 cm³/mol. The van der Waals surface area contributed by atoms with Crippen molar-refractivity contribution < 1.29 is 23.2 Å². The molecule has 3 N–H and O–H groups in total. The first kappa shape index (κ1) is 18.2. The van der Waals surface area contributed by atoms with E-state index in [4.69, 9.17) is 19.7 Å². The number of hydrogen-bond donors (Lipinski definition) is 2. The molecule has 0 fully saturated rings. The second-order valence-corrected chi connectivity index (χ2v) is 5.49. The van der Waals surface area contributed by atoms with E-state index in [-0.39, 0.29) is 12.1 Å². The Hall–Kier alpha value is -3.62. The van der Waals surface area contributed by atoms with Crippen molar-refractivity contribution in [3.8, 4) is 22.9 Å². The van der Waals surface area contributed by atoms with E-state index in [0.29, 0.717) is 34.5 Å². The number of anilines is 1. The number of aromatic nitrogens is 2. The molecule has 0 aliphatic heterocycles. The molecule has 0 atom stereocenters. The minimum absolute atomic E-state index is 0.172. The van der Waals surface area contributed by atoms with Gasteiger partial charge in [-0.25, -0.2) is 4.39 Å². The molecule has 3 rings (SSSR count). The second kappa shape index (κ2) is 7.73. The predicted octanol–water partition coefficient (Wildman–Crippen LogP) is 2.60. The smallest absolute Gasteiger partial charge is 0.251 e. The number of carbonyl (C=O) groups excluding carboxylic acids is 1. The van der Waals surface area contributed by atoms with Crippen LogP contribution in [0.5, 0.6) is 11.5 Å². The van der Waals surface area contributed by atoms with Crippen LogP contribution in [0.4, 0.5) is 10.1 Å².